The van der Waals surface area contributed by atoms with Crippen molar-refractivity contribution in [2.24, 2.45) is 28.6 Å². The lowest BCUT2D eigenvalue weighted by atomic mass is 9.51. The van der Waals surface area contributed by atoms with E-state index in [2.05, 4.69) is 24.9 Å². The SMILES string of the molecule is CCC1=CCC2(CO1)C1CCC3=C4C(CC3=O)C(C(=O)OC)CC42CN(C)C1. The maximum atomic E-state index is 13.0. The lowest BCUT2D eigenvalue weighted by Crippen LogP contribution is -2.61. The highest BCUT2D eigenvalue weighted by molar-refractivity contribution is 6.01. The quantitative estimate of drug-likeness (QED) is 0.684. The van der Waals surface area contributed by atoms with Gasteiger partial charge in [0.15, 0.2) is 5.78 Å². The second-order valence-electron chi connectivity index (χ2n) is 9.65. The lowest BCUT2D eigenvalue weighted by Gasteiger charge is -2.59. The minimum Gasteiger partial charge on any atom is -0.498 e. The molecule has 2 aliphatic heterocycles. The van der Waals surface area contributed by atoms with E-state index in [0.29, 0.717) is 12.3 Å². The first kappa shape index (κ1) is 18.4. The molecule has 152 valence electrons. The van der Waals surface area contributed by atoms with Crippen LogP contribution in [0.2, 0.25) is 0 Å². The molecule has 5 heteroatoms. The van der Waals surface area contributed by atoms with E-state index in [1.54, 1.807) is 0 Å². The molecule has 5 atom stereocenters. The summed E-state index contributed by atoms with van der Waals surface area (Å²) >= 11 is 0. The molecule has 2 heterocycles. The predicted molar refractivity (Wildman–Crippen MR) is 104 cm³/mol. The van der Waals surface area contributed by atoms with Crippen LogP contribution < -0.4 is 0 Å². The monoisotopic (exact) mass is 385 g/mol. The van der Waals surface area contributed by atoms with Gasteiger partial charge in [0.05, 0.1) is 25.4 Å². The molecular weight excluding hydrogens is 354 g/mol. The fraction of sp³-hybridized carbons (Fsp3) is 0.739. The number of methoxy groups -OCH3 is 1. The van der Waals surface area contributed by atoms with Crippen LogP contribution in [0.5, 0.6) is 0 Å². The van der Waals surface area contributed by atoms with E-state index in [-0.39, 0.29) is 34.4 Å². The van der Waals surface area contributed by atoms with Crippen molar-refractivity contribution in [2.75, 3.05) is 33.9 Å². The Bertz CT molecular complexity index is 798. The molecule has 2 fully saturated rings. The van der Waals surface area contributed by atoms with Gasteiger partial charge >= 0.3 is 5.97 Å². The van der Waals surface area contributed by atoms with Gasteiger partial charge < -0.3 is 14.4 Å². The standard InChI is InChI=1S/C23H31NO4/c1-4-15-7-8-22(13-28-15)14-5-6-16-19(25)9-17-18(21(26)27-3)10-23(22,20(16)17)12-24(2)11-14/h7,14,17-18H,4-6,8-13H2,1-3H3. The summed E-state index contributed by atoms with van der Waals surface area (Å²) in [5, 5.41) is 0. The number of ketones is 1. The summed E-state index contributed by atoms with van der Waals surface area (Å²) in [6, 6.07) is 0. The first-order chi connectivity index (χ1) is 13.5. The van der Waals surface area contributed by atoms with Crippen LogP contribution >= 0.6 is 0 Å². The average Bonchev–Trinajstić information content (AvgIpc) is 3.17. The van der Waals surface area contributed by atoms with Gasteiger partial charge in [-0.3, -0.25) is 9.59 Å². The average molecular weight is 386 g/mol. The number of rotatable bonds is 2. The minimum absolute atomic E-state index is 0.0130. The summed E-state index contributed by atoms with van der Waals surface area (Å²) in [6.45, 7) is 4.82. The third kappa shape index (κ3) is 2.17. The van der Waals surface area contributed by atoms with Gasteiger partial charge in [0.25, 0.3) is 0 Å². The Kier molecular flexibility index (Phi) is 4.07. The molecule has 0 aromatic rings. The maximum Gasteiger partial charge on any atom is 0.309 e. The molecule has 0 aromatic carbocycles. The predicted octanol–water partition coefficient (Wildman–Crippen LogP) is 3.11. The number of piperidine rings is 1. The molecule has 0 aromatic heterocycles. The topological polar surface area (TPSA) is 55.8 Å². The van der Waals surface area contributed by atoms with E-state index in [9.17, 15) is 9.59 Å². The van der Waals surface area contributed by atoms with Crippen LogP contribution in [0.1, 0.15) is 45.4 Å². The number of Topliss-reactive ketones (excluding diaryl/α,β-unsaturated/α-hetero) is 1. The number of ether oxygens (including phenoxy) is 2. The molecule has 5 nitrogen and oxygen atoms in total. The first-order valence-electron chi connectivity index (χ1n) is 10.8. The van der Waals surface area contributed by atoms with E-state index in [1.807, 2.05) is 0 Å². The summed E-state index contributed by atoms with van der Waals surface area (Å²) in [7, 11) is 3.67. The van der Waals surface area contributed by atoms with Crippen LogP contribution in [0.15, 0.2) is 23.0 Å². The van der Waals surface area contributed by atoms with Crippen LogP contribution in [0.25, 0.3) is 0 Å². The minimum atomic E-state index is -0.194. The molecule has 5 unspecified atom stereocenters. The van der Waals surface area contributed by atoms with Crippen molar-refractivity contribution in [1.82, 2.24) is 4.90 Å². The molecule has 2 bridgehead atoms. The number of carbonyl (C=O) groups is 2. The zero-order chi connectivity index (χ0) is 19.7. The smallest absolute Gasteiger partial charge is 0.309 e. The second kappa shape index (κ2) is 6.19. The van der Waals surface area contributed by atoms with E-state index in [4.69, 9.17) is 9.47 Å². The van der Waals surface area contributed by atoms with Gasteiger partial charge in [-0.15, -0.1) is 0 Å². The number of hydrogen-bond donors (Lipinski definition) is 0. The van der Waals surface area contributed by atoms with Crippen molar-refractivity contribution >= 4 is 11.8 Å². The molecule has 28 heavy (non-hydrogen) atoms. The van der Waals surface area contributed by atoms with Gasteiger partial charge in [-0.2, -0.15) is 0 Å². The summed E-state index contributed by atoms with van der Waals surface area (Å²) < 4.78 is 11.5. The number of allylic oxidation sites excluding steroid dienone is 3. The third-order valence-corrected chi connectivity index (χ3v) is 8.62. The molecule has 1 saturated carbocycles. The van der Waals surface area contributed by atoms with E-state index >= 15 is 0 Å². The summed E-state index contributed by atoms with van der Waals surface area (Å²) in [4.78, 5) is 28.1. The Labute approximate surface area is 167 Å². The maximum absolute atomic E-state index is 13.0. The van der Waals surface area contributed by atoms with E-state index < -0.39 is 0 Å². The van der Waals surface area contributed by atoms with Crippen molar-refractivity contribution in [2.45, 2.75) is 45.4 Å². The van der Waals surface area contributed by atoms with Crippen LogP contribution in [-0.2, 0) is 19.1 Å². The van der Waals surface area contributed by atoms with Gasteiger partial charge in [-0.25, -0.2) is 0 Å². The Balaban J connectivity index is 1.70. The van der Waals surface area contributed by atoms with Crippen molar-refractivity contribution in [3.8, 4) is 0 Å². The Hall–Kier alpha value is -1.62. The van der Waals surface area contributed by atoms with Crippen molar-refractivity contribution in [1.29, 1.82) is 0 Å². The normalized spacial score (nSPS) is 42.2. The molecule has 0 amide bonds. The Morgan fingerprint density at radius 2 is 2.25 bits per heavy atom. The molecule has 5 rings (SSSR count). The highest BCUT2D eigenvalue weighted by Crippen LogP contribution is 2.70. The number of nitrogens with zero attached hydrogens (tertiary/aromatic N) is 1. The number of likely N-dealkylation sites (tertiary alicyclic amines) is 1. The number of carbonyl (C=O) groups excluding carboxylic acids is 2. The van der Waals surface area contributed by atoms with Crippen molar-refractivity contribution in [3.63, 3.8) is 0 Å². The Morgan fingerprint density at radius 3 is 2.93 bits per heavy atom. The molecule has 0 N–H and O–H groups in total. The molecule has 0 radical (unpaired) electrons. The highest BCUT2D eigenvalue weighted by Gasteiger charge is 2.69. The largest absolute Gasteiger partial charge is 0.498 e. The third-order valence-electron chi connectivity index (χ3n) is 8.62. The zero-order valence-electron chi connectivity index (χ0n) is 17.3. The van der Waals surface area contributed by atoms with Gasteiger partial charge in [-0.05, 0) is 50.3 Å². The first-order valence-corrected chi connectivity index (χ1v) is 10.8. The van der Waals surface area contributed by atoms with Gasteiger partial charge in [0.1, 0.15) is 0 Å². The highest BCUT2D eigenvalue weighted by atomic mass is 16.5. The van der Waals surface area contributed by atoms with Crippen LogP contribution in [0.3, 0.4) is 0 Å². The number of esters is 1. The van der Waals surface area contributed by atoms with Gasteiger partial charge in [0, 0.05) is 42.7 Å². The van der Waals surface area contributed by atoms with Crippen molar-refractivity contribution in [3.05, 3.63) is 23.0 Å². The van der Waals surface area contributed by atoms with Crippen molar-refractivity contribution < 1.29 is 19.1 Å². The van der Waals surface area contributed by atoms with E-state index in [1.165, 1.54) is 12.7 Å². The lowest BCUT2D eigenvalue weighted by molar-refractivity contribution is -0.149. The fourth-order valence-corrected chi connectivity index (χ4v) is 7.52. The summed E-state index contributed by atoms with van der Waals surface area (Å²) in [6.07, 6.45) is 7.43. The van der Waals surface area contributed by atoms with Crippen LogP contribution in [0, 0.1) is 28.6 Å². The Morgan fingerprint density at radius 1 is 1.43 bits per heavy atom. The molecule has 1 saturated heterocycles. The second-order valence-corrected chi connectivity index (χ2v) is 9.65. The molecule has 3 aliphatic carbocycles. The van der Waals surface area contributed by atoms with E-state index in [0.717, 1.165) is 63.1 Å². The summed E-state index contributed by atoms with van der Waals surface area (Å²) in [5.74, 6) is 1.55. The van der Waals surface area contributed by atoms with Gasteiger partial charge in [-0.1, -0.05) is 12.5 Å². The molecule has 2 spiro atoms. The van der Waals surface area contributed by atoms with Crippen LogP contribution in [0.4, 0.5) is 0 Å². The van der Waals surface area contributed by atoms with Gasteiger partial charge in [0.2, 0.25) is 0 Å². The van der Waals surface area contributed by atoms with Crippen LogP contribution in [-0.4, -0.2) is 50.5 Å². The molecule has 5 aliphatic rings. The molecular formula is C23H31NO4. The fourth-order valence-electron chi connectivity index (χ4n) is 7.52. The number of hydrogen-bond acceptors (Lipinski definition) is 5. The summed E-state index contributed by atoms with van der Waals surface area (Å²) in [5.41, 5.74) is 2.21. The zero-order valence-corrected chi connectivity index (χ0v) is 17.3.